The lowest BCUT2D eigenvalue weighted by Crippen LogP contribution is -2.25. The Morgan fingerprint density at radius 2 is 2.17 bits per heavy atom. The zero-order valence-corrected chi connectivity index (χ0v) is 6.53. The van der Waals surface area contributed by atoms with Gasteiger partial charge in [0.25, 0.3) is 0 Å². The third-order valence-electron chi connectivity index (χ3n) is 1.92. The van der Waals surface area contributed by atoms with Gasteiger partial charge in [-0.25, -0.2) is 4.79 Å². The summed E-state index contributed by atoms with van der Waals surface area (Å²) in [7, 11) is 0. The van der Waals surface area contributed by atoms with Crippen LogP contribution in [0.2, 0.25) is 0 Å². The number of nitrogen functional groups attached to an aromatic ring is 2. The molecular weight excluding hydrogens is 156 g/mol. The van der Waals surface area contributed by atoms with E-state index in [4.69, 9.17) is 11.5 Å². The molecule has 0 aromatic carbocycles. The second-order valence-corrected chi connectivity index (χ2v) is 2.99. The molecule has 0 bridgehead atoms. The van der Waals surface area contributed by atoms with Crippen LogP contribution in [0.1, 0.15) is 18.9 Å². The fourth-order valence-corrected chi connectivity index (χ4v) is 1.23. The van der Waals surface area contributed by atoms with Crippen LogP contribution in [-0.4, -0.2) is 9.55 Å². The minimum atomic E-state index is -0.338. The molecule has 0 aliphatic heterocycles. The lowest BCUT2D eigenvalue weighted by molar-refractivity contribution is 0.694. The Kier molecular flexibility index (Phi) is 1.33. The molecule has 0 radical (unpaired) electrons. The Labute approximate surface area is 69.0 Å². The molecule has 1 heterocycles. The maximum Gasteiger partial charge on any atom is 0.351 e. The normalized spacial score (nSPS) is 16.3. The third-order valence-corrected chi connectivity index (χ3v) is 1.92. The molecule has 1 aliphatic rings. The lowest BCUT2D eigenvalue weighted by Gasteiger charge is -2.06. The van der Waals surface area contributed by atoms with E-state index >= 15 is 0 Å². The summed E-state index contributed by atoms with van der Waals surface area (Å²) in [4.78, 5) is 14.8. The predicted molar refractivity (Wildman–Crippen MR) is 45.6 cm³/mol. The van der Waals surface area contributed by atoms with Crippen LogP contribution in [0.4, 0.5) is 11.6 Å². The summed E-state index contributed by atoms with van der Waals surface area (Å²) in [6.07, 6.45) is 2.02. The van der Waals surface area contributed by atoms with Crippen LogP contribution in [0.15, 0.2) is 10.9 Å². The van der Waals surface area contributed by atoms with Crippen LogP contribution in [0, 0.1) is 0 Å². The molecule has 12 heavy (non-hydrogen) atoms. The first kappa shape index (κ1) is 7.15. The fourth-order valence-electron chi connectivity index (χ4n) is 1.23. The molecule has 0 saturated heterocycles. The van der Waals surface area contributed by atoms with Gasteiger partial charge in [0.1, 0.15) is 11.6 Å². The van der Waals surface area contributed by atoms with Gasteiger partial charge >= 0.3 is 5.69 Å². The van der Waals surface area contributed by atoms with Crippen LogP contribution < -0.4 is 17.2 Å². The molecule has 1 saturated carbocycles. The summed E-state index contributed by atoms with van der Waals surface area (Å²) in [6, 6.07) is 1.77. The van der Waals surface area contributed by atoms with Crippen molar-refractivity contribution in [2.45, 2.75) is 18.9 Å². The van der Waals surface area contributed by atoms with Gasteiger partial charge in [-0.2, -0.15) is 4.98 Å². The minimum Gasteiger partial charge on any atom is -0.385 e. The van der Waals surface area contributed by atoms with Crippen LogP contribution in [-0.2, 0) is 0 Å². The van der Waals surface area contributed by atoms with Crippen LogP contribution in [0.25, 0.3) is 0 Å². The van der Waals surface area contributed by atoms with E-state index in [2.05, 4.69) is 4.98 Å². The number of hydrogen-bond acceptors (Lipinski definition) is 4. The Morgan fingerprint density at radius 3 is 2.67 bits per heavy atom. The summed E-state index contributed by atoms with van der Waals surface area (Å²) in [6.45, 7) is 0. The number of aromatic nitrogens is 2. The van der Waals surface area contributed by atoms with E-state index in [1.165, 1.54) is 10.6 Å². The maximum absolute atomic E-state index is 11.2. The van der Waals surface area contributed by atoms with Crippen LogP contribution in [0.5, 0.6) is 0 Å². The smallest absolute Gasteiger partial charge is 0.351 e. The van der Waals surface area contributed by atoms with Crippen molar-refractivity contribution in [1.82, 2.24) is 9.55 Å². The highest BCUT2D eigenvalue weighted by Crippen LogP contribution is 2.34. The highest BCUT2D eigenvalue weighted by molar-refractivity contribution is 5.41. The quantitative estimate of drug-likeness (QED) is 0.601. The van der Waals surface area contributed by atoms with Crippen molar-refractivity contribution in [3.05, 3.63) is 16.6 Å². The summed E-state index contributed by atoms with van der Waals surface area (Å²) in [5.41, 5.74) is 10.6. The summed E-state index contributed by atoms with van der Waals surface area (Å²) in [5.74, 6) is 0.601. The molecule has 5 heteroatoms. The maximum atomic E-state index is 11.2. The van der Waals surface area contributed by atoms with Crippen molar-refractivity contribution in [2.24, 2.45) is 0 Å². The lowest BCUT2D eigenvalue weighted by atomic mass is 10.5. The molecule has 0 atom stereocenters. The molecule has 0 amide bonds. The number of anilines is 2. The van der Waals surface area contributed by atoms with Gasteiger partial charge in [0.15, 0.2) is 0 Å². The van der Waals surface area contributed by atoms with Crippen LogP contribution in [0.3, 0.4) is 0 Å². The Balaban J connectivity index is 2.59. The van der Waals surface area contributed by atoms with Crippen molar-refractivity contribution in [3.8, 4) is 0 Å². The minimum absolute atomic E-state index is 0.189. The molecule has 2 rings (SSSR count). The predicted octanol–water partition coefficient (Wildman–Crippen LogP) is -0.257. The molecule has 0 unspecified atom stereocenters. The first-order valence-electron chi connectivity index (χ1n) is 3.83. The summed E-state index contributed by atoms with van der Waals surface area (Å²) in [5, 5.41) is 0. The Bertz CT molecular complexity index is 366. The van der Waals surface area contributed by atoms with Gasteiger partial charge in [0, 0.05) is 12.1 Å². The van der Waals surface area contributed by atoms with E-state index in [-0.39, 0.29) is 17.5 Å². The van der Waals surface area contributed by atoms with E-state index in [9.17, 15) is 4.79 Å². The third kappa shape index (κ3) is 1.03. The molecule has 4 N–H and O–H groups in total. The molecule has 1 aromatic rings. The fraction of sp³-hybridized carbons (Fsp3) is 0.429. The Hall–Kier alpha value is -1.52. The summed E-state index contributed by atoms with van der Waals surface area (Å²) >= 11 is 0. The first-order valence-corrected chi connectivity index (χ1v) is 3.83. The molecule has 1 aliphatic carbocycles. The van der Waals surface area contributed by atoms with E-state index in [0.717, 1.165) is 12.8 Å². The molecule has 64 valence electrons. The average Bonchev–Trinajstić information content (AvgIpc) is 2.68. The number of nitrogens with two attached hydrogens (primary N) is 2. The average molecular weight is 166 g/mol. The topological polar surface area (TPSA) is 86.9 Å². The van der Waals surface area contributed by atoms with Crippen molar-refractivity contribution in [2.75, 3.05) is 11.5 Å². The van der Waals surface area contributed by atoms with E-state index in [0.29, 0.717) is 5.82 Å². The van der Waals surface area contributed by atoms with Gasteiger partial charge in [-0.15, -0.1) is 0 Å². The Morgan fingerprint density at radius 1 is 1.50 bits per heavy atom. The number of nitrogens with zero attached hydrogens (tertiary/aromatic N) is 2. The van der Waals surface area contributed by atoms with E-state index in [1.807, 2.05) is 0 Å². The van der Waals surface area contributed by atoms with E-state index in [1.54, 1.807) is 0 Å². The van der Waals surface area contributed by atoms with Gasteiger partial charge in [-0.3, -0.25) is 4.57 Å². The summed E-state index contributed by atoms with van der Waals surface area (Å²) < 4.78 is 1.50. The monoisotopic (exact) mass is 166 g/mol. The van der Waals surface area contributed by atoms with Crippen molar-refractivity contribution >= 4 is 11.6 Å². The van der Waals surface area contributed by atoms with Gasteiger partial charge in [0.2, 0.25) is 0 Å². The molecular formula is C7H10N4O. The standard InChI is InChI=1S/C7H10N4O/c8-5-3-6(9)11(4-1-2-4)7(12)10-5/h3-4H,1-2,9H2,(H2,8,10,12). The van der Waals surface area contributed by atoms with Crippen molar-refractivity contribution in [1.29, 1.82) is 0 Å². The largest absolute Gasteiger partial charge is 0.385 e. The van der Waals surface area contributed by atoms with Gasteiger partial charge in [-0.1, -0.05) is 0 Å². The van der Waals surface area contributed by atoms with Gasteiger partial charge < -0.3 is 11.5 Å². The zero-order chi connectivity index (χ0) is 8.72. The van der Waals surface area contributed by atoms with Gasteiger partial charge in [0.05, 0.1) is 0 Å². The molecule has 1 aromatic heterocycles. The number of hydrogen-bond donors (Lipinski definition) is 2. The molecule has 1 fully saturated rings. The molecule has 5 nitrogen and oxygen atoms in total. The second kappa shape index (κ2) is 2.23. The zero-order valence-electron chi connectivity index (χ0n) is 6.53. The van der Waals surface area contributed by atoms with Gasteiger partial charge in [-0.05, 0) is 12.8 Å². The molecule has 0 spiro atoms. The SMILES string of the molecule is Nc1cc(N)n(C2CC2)c(=O)n1. The second-order valence-electron chi connectivity index (χ2n) is 2.99. The van der Waals surface area contributed by atoms with E-state index < -0.39 is 0 Å². The first-order chi connectivity index (χ1) is 5.68. The van der Waals surface area contributed by atoms with Crippen molar-refractivity contribution < 1.29 is 0 Å². The highest BCUT2D eigenvalue weighted by Gasteiger charge is 2.26. The number of rotatable bonds is 1. The van der Waals surface area contributed by atoms with Crippen molar-refractivity contribution in [3.63, 3.8) is 0 Å². The van der Waals surface area contributed by atoms with Crippen LogP contribution >= 0.6 is 0 Å². The highest BCUT2D eigenvalue weighted by atomic mass is 16.1.